The van der Waals surface area contributed by atoms with Crippen LogP contribution in [0, 0.1) is 0 Å². The average Bonchev–Trinajstić information content (AvgIpc) is 2.04. The minimum absolute atomic E-state index is 0.504. The smallest absolute Gasteiger partial charge is 0.0734 e. The number of allylic oxidation sites excluding steroid dienone is 4. The molecule has 0 aliphatic heterocycles. The Balaban J connectivity index is 0.000000461. The van der Waals surface area contributed by atoms with Crippen LogP contribution in [0.3, 0.4) is 0 Å². The molecule has 0 unspecified atom stereocenters. The zero-order valence-electron chi connectivity index (χ0n) is 6.63. The summed E-state index contributed by atoms with van der Waals surface area (Å²) in [5.41, 5.74) is 0. The first-order valence-corrected chi connectivity index (χ1v) is 4.75. The van der Waals surface area contributed by atoms with E-state index in [2.05, 4.69) is 0 Å². The fourth-order valence-electron chi connectivity index (χ4n) is 0.655. The topological polar surface area (TPSA) is 0 Å². The predicted molar refractivity (Wildman–Crippen MR) is 53.3 cm³/mol. The Labute approximate surface area is 82.8 Å². The van der Waals surface area contributed by atoms with Crippen molar-refractivity contribution in [3.63, 3.8) is 0 Å². The van der Waals surface area contributed by atoms with Crippen molar-refractivity contribution in [1.29, 1.82) is 0 Å². The molecule has 0 heterocycles. The van der Waals surface area contributed by atoms with Gasteiger partial charge in [-0.25, -0.2) is 0 Å². The summed E-state index contributed by atoms with van der Waals surface area (Å²) in [5, 5.41) is 1.75. The summed E-state index contributed by atoms with van der Waals surface area (Å²) in [7, 11) is 0. The van der Waals surface area contributed by atoms with Gasteiger partial charge in [-0.3, -0.25) is 0 Å². The Kier molecular flexibility index (Phi) is 6.12. The molecule has 0 fully saturated rings. The van der Waals surface area contributed by atoms with Crippen LogP contribution in [0.5, 0.6) is 0 Å². The van der Waals surface area contributed by atoms with Gasteiger partial charge in [0.15, 0.2) is 0 Å². The van der Waals surface area contributed by atoms with Gasteiger partial charge in [0.2, 0.25) is 0 Å². The quantitative estimate of drug-likeness (QED) is 0.551. The molecule has 1 aliphatic rings. The first kappa shape index (κ1) is 11.4. The highest BCUT2D eigenvalue weighted by Crippen LogP contribution is 2.32. The molecule has 64 valence electrons. The molecule has 0 aromatic rings. The third-order valence-corrected chi connectivity index (χ3v) is 2.48. The normalized spacial score (nSPS) is 17.0. The van der Waals surface area contributed by atoms with Gasteiger partial charge in [-0.2, -0.15) is 0 Å². The van der Waals surface area contributed by atoms with Gasteiger partial charge in [-0.15, -0.1) is 0 Å². The van der Waals surface area contributed by atoms with Crippen LogP contribution in [0.1, 0.15) is 26.7 Å². The van der Waals surface area contributed by atoms with Crippen molar-refractivity contribution in [3.05, 3.63) is 21.2 Å². The average molecular weight is 214 g/mol. The van der Waals surface area contributed by atoms with Crippen LogP contribution in [0.25, 0.3) is 0 Å². The van der Waals surface area contributed by atoms with Gasteiger partial charge in [0, 0.05) is 5.03 Å². The summed E-state index contributed by atoms with van der Waals surface area (Å²) < 4.78 is 0. The van der Waals surface area contributed by atoms with Crippen LogP contribution < -0.4 is 0 Å². The van der Waals surface area contributed by atoms with E-state index in [1.807, 2.05) is 19.9 Å². The zero-order chi connectivity index (χ0) is 8.85. The molecule has 0 saturated heterocycles. The van der Waals surface area contributed by atoms with E-state index in [4.69, 9.17) is 34.8 Å². The number of halogens is 3. The van der Waals surface area contributed by atoms with E-state index in [1.165, 1.54) is 0 Å². The highest BCUT2D eigenvalue weighted by molar-refractivity contribution is 6.48. The molecule has 11 heavy (non-hydrogen) atoms. The van der Waals surface area contributed by atoms with Gasteiger partial charge in [-0.05, 0) is 12.8 Å². The third-order valence-electron chi connectivity index (χ3n) is 1.14. The molecular weight excluding hydrogens is 202 g/mol. The lowest BCUT2D eigenvalue weighted by Crippen LogP contribution is -1.86. The molecule has 0 radical (unpaired) electrons. The zero-order valence-corrected chi connectivity index (χ0v) is 8.89. The van der Waals surface area contributed by atoms with E-state index < -0.39 is 0 Å². The lowest BCUT2D eigenvalue weighted by molar-refractivity contribution is 1.01. The van der Waals surface area contributed by atoms with E-state index >= 15 is 0 Å². The maximum absolute atomic E-state index is 5.68. The summed E-state index contributed by atoms with van der Waals surface area (Å²) in [6, 6.07) is 0. The number of rotatable bonds is 0. The standard InChI is InChI=1S/C6H5Cl3.C2H6/c7-4-2-1-3-5(8)6(4)9;1-2/h2H,1,3H2;1-2H3. The summed E-state index contributed by atoms with van der Waals surface area (Å²) in [6.45, 7) is 4.00. The minimum atomic E-state index is 0.504. The fraction of sp³-hybridized carbons (Fsp3) is 0.500. The molecular formula is C8H11Cl3. The summed E-state index contributed by atoms with van der Waals surface area (Å²) >= 11 is 17.0. The highest BCUT2D eigenvalue weighted by Gasteiger charge is 2.09. The SMILES string of the molecule is CC.ClC1=CCCC(Cl)=C1Cl. The van der Waals surface area contributed by atoms with Crippen LogP contribution in [-0.4, -0.2) is 0 Å². The van der Waals surface area contributed by atoms with Gasteiger partial charge in [0.25, 0.3) is 0 Å². The van der Waals surface area contributed by atoms with E-state index in [0.29, 0.717) is 15.1 Å². The first-order valence-electron chi connectivity index (χ1n) is 3.62. The van der Waals surface area contributed by atoms with Crippen molar-refractivity contribution < 1.29 is 0 Å². The largest absolute Gasteiger partial charge is 0.0875 e. The van der Waals surface area contributed by atoms with Gasteiger partial charge in [0.05, 0.1) is 10.1 Å². The van der Waals surface area contributed by atoms with Crippen molar-refractivity contribution in [2.75, 3.05) is 0 Å². The van der Waals surface area contributed by atoms with Crippen molar-refractivity contribution >= 4 is 34.8 Å². The molecule has 0 bridgehead atoms. The molecule has 0 saturated carbocycles. The van der Waals surface area contributed by atoms with Crippen LogP contribution in [0.4, 0.5) is 0 Å². The molecule has 0 spiro atoms. The molecule has 0 amide bonds. The van der Waals surface area contributed by atoms with Crippen LogP contribution in [-0.2, 0) is 0 Å². The second kappa shape index (κ2) is 5.93. The van der Waals surface area contributed by atoms with Crippen LogP contribution >= 0.6 is 34.8 Å². The Morgan fingerprint density at radius 1 is 1.18 bits per heavy atom. The van der Waals surface area contributed by atoms with Crippen LogP contribution in [0.2, 0.25) is 0 Å². The number of hydrogen-bond acceptors (Lipinski definition) is 0. The lowest BCUT2D eigenvalue weighted by Gasteiger charge is -2.06. The first-order chi connectivity index (χ1) is 5.22. The summed E-state index contributed by atoms with van der Waals surface area (Å²) in [6.07, 6.45) is 3.58. The van der Waals surface area contributed by atoms with Crippen molar-refractivity contribution in [1.82, 2.24) is 0 Å². The fourth-order valence-corrected chi connectivity index (χ4v) is 1.31. The summed E-state index contributed by atoms with van der Waals surface area (Å²) in [5.74, 6) is 0. The monoisotopic (exact) mass is 212 g/mol. The molecule has 0 aromatic heterocycles. The second-order valence-corrected chi connectivity index (χ2v) is 3.05. The molecule has 0 N–H and O–H groups in total. The molecule has 1 rings (SSSR count). The Morgan fingerprint density at radius 2 is 1.73 bits per heavy atom. The third kappa shape index (κ3) is 3.50. The lowest BCUT2D eigenvalue weighted by atomic mass is 10.2. The van der Waals surface area contributed by atoms with Crippen molar-refractivity contribution in [2.45, 2.75) is 26.7 Å². The van der Waals surface area contributed by atoms with Gasteiger partial charge in [0.1, 0.15) is 0 Å². The van der Waals surface area contributed by atoms with E-state index in [1.54, 1.807) is 0 Å². The molecule has 0 atom stereocenters. The van der Waals surface area contributed by atoms with E-state index in [0.717, 1.165) is 12.8 Å². The predicted octanol–water partition coefficient (Wildman–Crippen LogP) is 4.62. The van der Waals surface area contributed by atoms with Gasteiger partial charge in [-0.1, -0.05) is 54.7 Å². The molecule has 3 heteroatoms. The summed E-state index contributed by atoms with van der Waals surface area (Å²) in [4.78, 5) is 0. The van der Waals surface area contributed by atoms with Crippen LogP contribution in [0.15, 0.2) is 21.2 Å². The minimum Gasteiger partial charge on any atom is -0.0875 e. The Morgan fingerprint density at radius 3 is 2.09 bits per heavy atom. The maximum atomic E-state index is 5.68. The second-order valence-electron chi connectivity index (χ2n) is 1.81. The number of hydrogen-bond donors (Lipinski definition) is 0. The molecule has 1 aliphatic carbocycles. The molecule has 0 aromatic carbocycles. The Bertz CT molecular complexity index is 180. The maximum Gasteiger partial charge on any atom is 0.0734 e. The molecule has 0 nitrogen and oxygen atoms in total. The van der Waals surface area contributed by atoms with Crippen molar-refractivity contribution in [3.8, 4) is 0 Å². The van der Waals surface area contributed by atoms with E-state index in [9.17, 15) is 0 Å². The van der Waals surface area contributed by atoms with Crippen molar-refractivity contribution in [2.24, 2.45) is 0 Å². The highest BCUT2D eigenvalue weighted by atomic mass is 35.5. The van der Waals surface area contributed by atoms with E-state index in [-0.39, 0.29) is 0 Å². The Hall–Kier alpha value is 0.350. The van der Waals surface area contributed by atoms with Gasteiger partial charge >= 0.3 is 0 Å². The van der Waals surface area contributed by atoms with Gasteiger partial charge < -0.3 is 0 Å².